The van der Waals surface area contributed by atoms with Gasteiger partial charge in [-0.1, -0.05) is 23.7 Å². The van der Waals surface area contributed by atoms with Crippen molar-refractivity contribution < 1.29 is 4.74 Å². The minimum absolute atomic E-state index is 0.514. The number of anilines is 1. The van der Waals surface area contributed by atoms with Gasteiger partial charge in [-0.05, 0) is 42.3 Å². The van der Waals surface area contributed by atoms with Crippen LogP contribution in [-0.4, -0.2) is 0 Å². The summed E-state index contributed by atoms with van der Waals surface area (Å²) in [6, 6.07) is 13.3. The van der Waals surface area contributed by atoms with Crippen molar-refractivity contribution in [3.8, 4) is 5.75 Å². The summed E-state index contributed by atoms with van der Waals surface area (Å²) < 4.78 is 5.67. The summed E-state index contributed by atoms with van der Waals surface area (Å²) in [7, 11) is 0. The van der Waals surface area contributed by atoms with Crippen LogP contribution in [0.5, 0.6) is 5.75 Å². The quantitative estimate of drug-likeness (QED) is 0.837. The Labute approximate surface area is 106 Å². The Morgan fingerprint density at radius 3 is 2.47 bits per heavy atom. The van der Waals surface area contributed by atoms with E-state index in [0.29, 0.717) is 6.61 Å². The monoisotopic (exact) mass is 247 g/mol. The minimum atomic E-state index is 0.514. The Hall–Kier alpha value is -1.67. The summed E-state index contributed by atoms with van der Waals surface area (Å²) in [5.41, 5.74) is 8.64. The van der Waals surface area contributed by atoms with Crippen LogP contribution in [0.1, 0.15) is 11.1 Å². The molecule has 2 aromatic carbocycles. The predicted octanol–water partition coefficient (Wildman–Crippen LogP) is 3.81. The zero-order chi connectivity index (χ0) is 12.3. The lowest BCUT2D eigenvalue weighted by molar-refractivity contribution is 0.306. The molecule has 0 aliphatic carbocycles. The molecular formula is C14H14ClNO. The van der Waals surface area contributed by atoms with Gasteiger partial charge in [0.05, 0.1) is 0 Å². The Bertz CT molecular complexity index is 488. The lowest BCUT2D eigenvalue weighted by atomic mass is 10.2. The van der Waals surface area contributed by atoms with E-state index in [0.717, 1.165) is 27.6 Å². The number of benzene rings is 2. The van der Waals surface area contributed by atoms with Crippen molar-refractivity contribution in [2.75, 3.05) is 5.73 Å². The van der Waals surface area contributed by atoms with Crippen molar-refractivity contribution in [1.82, 2.24) is 0 Å². The molecule has 2 nitrogen and oxygen atoms in total. The molecule has 2 rings (SSSR count). The average molecular weight is 248 g/mol. The van der Waals surface area contributed by atoms with Gasteiger partial charge in [-0.25, -0.2) is 0 Å². The molecule has 2 N–H and O–H groups in total. The standard InChI is InChI=1S/C14H14ClNO/c1-10-6-13(16)8-14(7-10)17-9-11-2-4-12(15)5-3-11/h2-8H,9,16H2,1H3. The van der Waals surface area contributed by atoms with E-state index in [1.165, 1.54) is 0 Å². The normalized spacial score (nSPS) is 10.2. The third-order valence-electron chi connectivity index (χ3n) is 2.39. The molecule has 0 radical (unpaired) electrons. The first-order valence-electron chi connectivity index (χ1n) is 5.38. The second-order valence-electron chi connectivity index (χ2n) is 3.99. The molecule has 0 unspecified atom stereocenters. The second kappa shape index (κ2) is 5.11. The van der Waals surface area contributed by atoms with E-state index >= 15 is 0 Å². The molecule has 0 aromatic heterocycles. The highest BCUT2D eigenvalue weighted by molar-refractivity contribution is 6.30. The van der Waals surface area contributed by atoms with E-state index < -0.39 is 0 Å². The topological polar surface area (TPSA) is 35.2 Å². The third-order valence-corrected chi connectivity index (χ3v) is 2.64. The highest BCUT2D eigenvalue weighted by Gasteiger charge is 1.98. The average Bonchev–Trinajstić information content (AvgIpc) is 2.27. The van der Waals surface area contributed by atoms with Crippen LogP contribution < -0.4 is 10.5 Å². The molecular weight excluding hydrogens is 234 g/mol. The van der Waals surface area contributed by atoms with Gasteiger partial charge >= 0.3 is 0 Å². The van der Waals surface area contributed by atoms with E-state index in [1.54, 1.807) is 0 Å². The summed E-state index contributed by atoms with van der Waals surface area (Å²) in [5.74, 6) is 0.789. The van der Waals surface area contributed by atoms with Crippen molar-refractivity contribution >= 4 is 17.3 Å². The van der Waals surface area contributed by atoms with Crippen LogP contribution >= 0.6 is 11.6 Å². The summed E-state index contributed by atoms with van der Waals surface area (Å²) >= 11 is 5.81. The largest absolute Gasteiger partial charge is 0.489 e. The number of hydrogen-bond donors (Lipinski definition) is 1. The number of halogens is 1. The molecule has 0 aliphatic heterocycles. The minimum Gasteiger partial charge on any atom is -0.489 e. The van der Waals surface area contributed by atoms with Gasteiger partial charge in [-0.2, -0.15) is 0 Å². The molecule has 0 spiro atoms. The summed E-state index contributed by atoms with van der Waals surface area (Å²) in [5, 5.41) is 0.730. The molecule has 3 heteroatoms. The first kappa shape index (κ1) is 11.8. The van der Waals surface area contributed by atoms with Gasteiger partial charge in [0.25, 0.3) is 0 Å². The highest BCUT2D eigenvalue weighted by Crippen LogP contribution is 2.19. The first-order chi connectivity index (χ1) is 8.13. The zero-order valence-electron chi connectivity index (χ0n) is 9.61. The van der Waals surface area contributed by atoms with Gasteiger partial charge in [-0.3, -0.25) is 0 Å². The highest BCUT2D eigenvalue weighted by atomic mass is 35.5. The molecule has 0 aliphatic rings. The number of nitrogen functional groups attached to an aromatic ring is 1. The van der Waals surface area contributed by atoms with Crippen molar-refractivity contribution in [3.63, 3.8) is 0 Å². The van der Waals surface area contributed by atoms with Gasteiger partial charge in [0.1, 0.15) is 12.4 Å². The van der Waals surface area contributed by atoms with Crippen LogP contribution in [0.3, 0.4) is 0 Å². The van der Waals surface area contributed by atoms with E-state index in [9.17, 15) is 0 Å². The second-order valence-corrected chi connectivity index (χ2v) is 4.43. The maximum absolute atomic E-state index is 5.81. The molecule has 0 saturated carbocycles. The summed E-state index contributed by atoms with van der Waals surface area (Å²) in [6.07, 6.45) is 0. The summed E-state index contributed by atoms with van der Waals surface area (Å²) in [6.45, 7) is 2.51. The fraction of sp³-hybridized carbons (Fsp3) is 0.143. The Morgan fingerprint density at radius 1 is 1.12 bits per heavy atom. The third kappa shape index (κ3) is 3.40. The maximum Gasteiger partial charge on any atom is 0.122 e. The van der Waals surface area contributed by atoms with Crippen LogP contribution in [0.4, 0.5) is 5.69 Å². The van der Waals surface area contributed by atoms with Crippen molar-refractivity contribution in [2.24, 2.45) is 0 Å². The van der Waals surface area contributed by atoms with Crippen LogP contribution in [0.25, 0.3) is 0 Å². The lowest BCUT2D eigenvalue weighted by Gasteiger charge is -2.08. The van der Waals surface area contributed by atoms with E-state index in [-0.39, 0.29) is 0 Å². The number of nitrogens with two attached hydrogens (primary N) is 1. The molecule has 2 aromatic rings. The SMILES string of the molecule is Cc1cc(N)cc(OCc2ccc(Cl)cc2)c1. The molecule has 0 heterocycles. The van der Waals surface area contributed by atoms with Crippen LogP contribution in [-0.2, 0) is 6.61 Å². The van der Waals surface area contributed by atoms with Gasteiger partial charge in [-0.15, -0.1) is 0 Å². The number of hydrogen-bond acceptors (Lipinski definition) is 2. The van der Waals surface area contributed by atoms with Crippen molar-refractivity contribution in [2.45, 2.75) is 13.5 Å². The Balaban J connectivity index is 2.04. The van der Waals surface area contributed by atoms with Gasteiger partial charge in [0.2, 0.25) is 0 Å². The van der Waals surface area contributed by atoms with Crippen molar-refractivity contribution in [1.29, 1.82) is 0 Å². The molecule has 88 valence electrons. The maximum atomic E-state index is 5.81. The van der Waals surface area contributed by atoms with Crippen LogP contribution in [0, 0.1) is 6.92 Å². The fourth-order valence-electron chi connectivity index (χ4n) is 1.61. The Morgan fingerprint density at radius 2 is 1.82 bits per heavy atom. The number of aryl methyl sites for hydroxylation is 1. The fourth-order valence-corrected chi connectivity index (χ4v) is 1.73. The van der Waals surface area contributed by atoms with E-state index in [4.69, 9.17) is 22.1 Å². The molecule has 0 bridgehead atoms. The van der Waals surface area contributed by atoms with E-state index in [1.807, 2.05) is 49.4 Å². The Kier molecular flexibility index (Phi) is 3.55. The predicted molar refractivity (Wildman–Crippen MR) is 71.4 cm³/mol. The molecule has 0 amide bonds. The summed E-state index contributed by atoms with van der Waals surface area (Å²) in [4.78, 5) is 0. The molecule has 0 fully saturated rings. The first-order valence-corrected chi connectivity index (χ1v) is 5.76. The van der Waals surface area contributed by atoms with Crippen LogP contribution in [0.2, 0.25) is 5.02 Å². The van der Waals surface area contributed by atoms with Gasteiger partial charge < -0.3 is 10.5 Å². The van der Waals surface area contributed by atoms with Crippen molar-refractivity contribution in [3.05, 3.63) is 58.6 Å². The zero-order valence-corrected chi connectivity index (χ0v) is 10.4. The van der Waals surface area contributed by atoms with Crippen LogP contribution in [0.15, 0.2) is 42.5 Å². The smallest absolute Gasteiger partial charge is 0.122 e. The molecule has 0 saturated heterocycles. The van der Waals surface area contributed by atoms with Gasteiger partial charge in [0.15, 0.2) is 0 Å². The van der Waals surface area contributed by atoms with E-state index in [2.05, 4.69) is 0 Å². The molecule has 17 heavy (non-hydrogen) atoms. The number of ether oxygens (including phenoxy) is 1. The lowest BCUT2D eigenvalue weighted by Crippen LogP contribution is -1.96. The van der Waals surface area contributed by atoms with Gasteiger partial charge in [0, 0.05) is 16.8 Å². The molecule has 0 atom stereocenters. The number of rotatable bonds is 3.